The number of aliphatic carboxylic acids is 1. The molecule has 3 fully saturated rings. The van der Waals surface area contributed by atoms with Crippen LogP contribution in [0.15, 0.2) is 10.6 Å². The molecule has 2 saturated heterocycles. The molecule has 0 bridgehead atoms. The van der Waals surface area contributed by atoms with Gasteiger partial charge in [0.15, 0.2) is 0 Å². The minimum Gasteiger partial charge on any atom is -0.477 e. The van der Waals surface area contributed by atoms with Crippen LogP contribution in [0, 0.1) is 11.8 Å². The molecule has 0 aromatic carbocycles. The van der Waals surface area contributed by atoms with Crippen molar-refractivity contribution in [3.8, 4) is 0 Å². The summed E-state index contributed by atoms with van der Waals surface area (Å²) in [6.45, 7) is 5.75. The number of hydrogen-bond acceptors (Lipinski definition) is 6. The van der Waals surface area contributed by atoms with Crippen molar-refractivity contribution >= 4 is 23.6 Å². The molecule has 1 aliphatic carbocycles. The number of fused-ring (bicyclic) bond motifs is 1. The number of carboxylic acids is 1. The van der Waals surface area contributed by atoms with Gasteiger partial charge in [0.1, 0.15) is 5.70 Å². The van der Waals surface area contributed by atoms with Crippen molar-refractivity contribution in [1.82, 2.24) is 15.5 Å². The molecule has 4 atom stereocenters. The number of carboxylic acid groups (broad SMARTS) is 1. The monoisotopic (exact) mass is 395 g/mol. The number of amides is 1. The first kappa shape index (κ1) is 19.2. The van der Waals surface area contributed by atoms with Gasteiger partial charge in [-0.2, -0.15) is 0 Å². The molecule has 4 N–H and O–H groups in total. The van der Waals surface area contributed by atoms with Gasteiger partial charge in [-0.1, -0.05) is 6.92 Å². The van der Waals surface area contributed by atoms with Crippen LogP contribution in [0.3, 0.4) is 0 Å². The molecule has 0 radical (unpaired) electrons. The van der Waals surface area contributed by atoms with E-state index in [0.717, 1.165) is 30.8 Å². The summed E-state index contributed by atoms with van der Waals surface area (Å²) in [5.74, 6) is -1.81. The number of carbonyl (C=O) groups excluding carboxylic acids is 1. The maximum atomic E-state index is 12.4. The summed E-state index contributed by atoms with van der Waals surface area (Å²) < 4.78 is 0. The summed E-state index contributed by atoms with van der Waals surface area (Å²) in [5, 5.41) is 27.1. The molecule has 8 heteroatoms. The number of piperidine rings is 1. The molecule has 0 unspecified atom stereocenters. The third kappa shape index (κ3) is 3.30. The summed E-state index contributed by atoms with van der Waals surface area (Å²) in [5.41, 5.74) is 0.147. The van der Waals surface area contributed by atoms with E-state index < -0.39 is 18.0 Å². The lowest BCUT2D eigenvalue weighted by atomic mass is 9.79. The van der Waals surface area contributed by atoms with E-state index in [0.29, 0.717) is 17.3 Å². The molecule has 0 aromatic rings. The van der Waals surface area contributed by atoms with E-state index in [2.05, 4.69) is 10.6 Å². The third-order valence-electron chi connectivity index (χ3n) is 6.51. The Morgan fingerprint density at radius 3 is 2.56 bits per heavy atom. The van der Waals surface area contributed by atoms with Gasteiger partial charge >= 0.3 is 5.97 Å². The molecule has 4 aliphatic rings. The van der Waals surface area contributed by atoms with Crippen LogP contribution in [0.5, 0.6) is 0 Å². The normalized spacial score (nSPS) is 37.7. The van der Waals surface area contributed by atoms with Crippen molar-refractivity contribution in [1.29, 1.82) is 0 Å². The number of rotatable bonds is 6. The summed E-state index contributed by atoms with van der Waals surface area (Å²) in [6, 6.07) is 0.891. The Bertz CT molecular complexity index is 655. The van der Waals surface area contributed by atoms with Crippen molar-refractivity contribution in [2.45, 2.75) is 69.0 Å². The quantitative estimate of drug-likeness (QED) is 0.492. The maximum absolute atomic E-state index is 12.4. The van der Waals surface area contributed by atoms with Gasteiger partial charge < -0.3 is 25.7 Å². The second-order valence-electron chi connectivity index (χ2n) is 8.37. The van der Waals surface area contributed by atoms with Crippen LogP contribution >= 0.6 is 11.8 Å². The van der Waals surface area contributed by atoms with Gasteiger partial charge in [0.05, 0.1) is 18.1 Å². The minimum atomic E-state index is -1.03. The topological polar surface area (TPSA) is 102 Å². The Labute approximate surface area is 163 Å². The smallest absolute Gasteiger partial charge is 0.353 e. The van der Waals surface area contributed by atoms with Crippen LogP contribution in [-0.2, 0) is 9.59 Å². The second-order valence-corrected chi connectivity index (χ2v) is 9.71. The molecule has 3 aliphatic heterocycles. The van der Waals surface area contributed by atoms with E-state index in [9.17, 15) is 19.8 Å². The molecular weight excluding hydrogens is 366 g/mol. The SMILES string of the molecule is C[C@@H](O)[C@H]1C(=O)N2C(C(=O)O)=C(S[C@H]3C[C@H](NC4CCNCC4)C3)[C@H](C)[C@H]12. The maximum Gasteiger partial charge on any atom is 0.353 e. The largest absolute Gasteiger partial charge is 0.477 e. The van der Waals surface area contributed by atoms with E-state index in [1.165, 1.54) is 17.7 Å². The Morgan fingerprint density at radius 1 is 1.30 bits per heavy atom. The lowest BCUT2D eigenvalue weighted by molar-refractivity contribution is -0.163. The standard InChI is InChI=1S/C19H29N3O4S/c1-9-15-14(10(2)23)18(24)22(15)16(19(25)26)17(9)27-13-7-12(8-13)21-11-3-5-20-6-4-11/h9-15,20-21,23H,3-8H2,1-2H3,(H,25,26)/t9-,10-,12-,13-,14-,15-/m1/s1. The Morgan fingerprint density at radius 2 is 1.96 bits per heavy atom. The average molecular weight is 396 g/mol. The van der Waals surface area contributed by atoms with Crippen LogP contribution in [0.2, 0.25) is 0 Å². The molecule has 7 nitrogen and oxygen atoms in total. The van der Waals surface area contributed by atoms with Crippen molar-refractivity contribution in [2.75, 3.05) is 13.1 Å². The van der Waals surface area contributed by atoms with Gasteiger partial charge in [-0.05, 0) is 45.7 Å². The third-order valence-corrected chi connectivity index (χ3v) is 8.05. The highest BCUT2D eigenvalue weighted by atomic mass is 32.2. The molecule has 1 amide bonds. The van der Waals surface area contributed by atoms with Crippen molar-refractivity contribution in [3.63, 3.8) is 0 Å². The summed E-state index contributed by atoms with van der Waals surface area (Å²) in [4.78, 5) is 26.4. The molecule has 3 heterocycles. The van der Waals surface area contributed by atoms with Gasteiger partial charge in [0.2, 0.25) is 5.91 Å². The van der Waals surface area contributed by atoms with Crippen molar-refractivity contribution in [2.24, 2.45) is 11.8 Å². The molecule has 27 heavy (non-hydrogen) atoms. The lowest BCUT2D eigenvalue weighted by Gasteiger charge is -2.46. The summed E-state index contributed by atoms with van der Waals surface area (Å²) >= 11 is 1.64. The lowest BCUT2D eigenvalue weighted by Crippen LogP contribution is -2.63. The number of carbonyl (C=O) groups is 2. The summed E-state index contributed by atoms with van der Waals surface area (Å²) in [6.07, 6.45) is 3.66. The van der Waals surface area contributed by atoms with Crippen molar-refractivity contribution < 1.29 is 19.8 Å². The zero-order valence-corrected chi connectivity index (χ0v) is 16.7. The number of thioether (sulfide) groups is 1. The number of nitrogens with zero attached hydrogens (tertiary/aromatic N) is 1. The van der Waals surface area contributed by atoms with E-state index in [4.69, 9.17) is 0 Å². The fraction of sp³-hybridized carbons (Fsp3) is 0.789. The molecule has 150 valence electrons. The first-order valence-electron chi connectivity index (χ1n) is 10.0. The Balaban J connectivity index is 1.38. The second kappa shape index (κ2) is 7.39. The van der Waals surface area contributed by atoms with Crippen molar-refractivity contribution in [3.05, 3.63) is 10.6 Å². The highest BCUT2D eigenvalue weighted by Crippen LogP contribution is 2.53. The highest BCUT2D eigenvalue weighted by Gasteiger charge is 2.60. The fourth-order valence-corrected chi connectivity index (χ4v) is 6.65. The molecule has 1 saturated carbocycles. The van der Waals surface area contributed by atoms with Gasteiger partial charge in [-0.3, -0.25) is 4.79 Å². The van der Waals surface area contributed by atoms with E-state index in [1.54, 1.807) is 18.7 Å². The Hall–Kier alpha value is -1.09. The van der Waals surface area contributed by atoms with Gasteiger partial charge in [-0.15, -0.1) is 11.8 Å². The first-order valence-corrected chi connectivity index (χ1v) is 10.9. The van der Waals surface area contributed by atoms with Crippen LogP contribution in [0.25, 0.3) is 0 Å². The van der Waals surface area contributed by atoms with E-state index in [1.807, 2.05) is 6.92 Å². The number of β-lactam (4-membered cyclic amide) rings is 1. The predicted octanol–water partition coefficient (Wildman–Crippen LogP) is 0.746. The number of nitrogens with one attached hydrogen (secondary N) is 2. The minimum absolute atomic E-state index is 0.0326. The van der Waals surface area contributed by atoms with Gasteiger partial charge in [-0.25, -0.2) is 4.79 Å². The Kier molecular flexibility index (Phi) is 5.26. The van der Waals surface area contributed by atoms with E-state index >= 15 is 0 Å². The van der Waals surface area contributed by atoms with Gasteiger partial charge in [0, 0.05) is 28.2 Å². The molecule has 0 spiro atoms. The molecule has 4 rings (SSSR count). The number of hydrogen-bond donors (Lipinski definition) is 4. The van der Waals surface area contributed by atoms with Crippen LogP contribution < -0.4 is 10.6 Å². The fourth-order valence-electron chi connectivity index (χ4n) is 4.98. The number of aliphatic hydroxyl groups is 1. The predicted molar refractivity (Wildman–Crippen MR) is 103 cm³/mol. The van der Waals surface area contributed by atoms with Gasteiger partial charge in [0.25, 0.3) is 0 Å². The first-order chi connectivity index (χ1) is 12.9. The van der Waals surface area contributed by atoms with Crippen LogP contribution in [-0.4, -0.2) is 69.6 Å². The number of aliphatic hydroxyl groups excluding tert-OH is 1. The zero-order chi connectivity index (χ0) is 19.3. The molecule has 0 aromatic heterocycles. The highest BCUT2D eigenvalue weighted by molar-refractivity contribution is 8.03. The van der Waals surface area contributed by atoms with Crippen LogP contribution in [0.1, 0.15) is 39.5 Å². The molecular formula is C19H29N3O4S. The average Bonchev–Trinajstić information content (AvgIpc) is 2.83. The summed E-state index contributed by atoms with van der Waals surface area (Å²) in [7, 11) is 0. The van der Waals surface area contributed by atoms with E-state index in [-0.39, 0.29) is 23.6 Å². The zero-order valence-electron chi connectivity index (χ0n) is 15.9. The van der Waals surface area contributed by atoms with Crippen LogP contribution in [0.4, 0.5) is 0 Å².